The van der Waals surface area contributed by atoms with Crippen molar-refractivity contribution in [3.63, 3.8) is 0 Å². The Morgan fingerprint density at radius 1 is 1.50 bits per heavy atom. The first-order valence-electron chi connectivity index (χ1n) is 4.86. The molecule has 0 aliphatic carbocycles. The molecule has 0 bridgehead atoms. The number of nitrogens with zero attached hydrogens (tertiary/aromatic N) is 2. The number of nitrogens with two attached hydrogens (primary N) is 1. The van der Waals surface area contributed by atoms with Crippen LogP contribution in [-0.4, -0.2) is 49.8 Å². The lowest BCUT2D eigenvalue weighted by molar-refractivity contribution is 0.396. The van der Waals surface area contributed by atoms with Crippen molar-refractivity contribution in [3.8, 4) is 0 Å². The molecule has 1 saturated heterocycles. The summed E-state index contributed by atoms with van der Waals surface area (Å²) in [7, 11) is -1.68. The van der Waals surface area contributed by atoms with Crippen molar-refractivity contribution in [2.45, 2.75) is 19.9 Å². The van der Waals surface area contributed by atoms with E-state index in [0.29, 0.717) is 19.6 Å². The molecule has 84 valence electrons. The molecule has 1 rings (SSSR count). The number of hydrogen-bond donors (Lipinski definition) is 1. The molecule has 2 N–H and O–H groups in total. The van der Waals surface area contributed by atoms with E-state index >= 15 is 0 Å². The van der Waals surface area contributed by atoms with Crippen LogP contribution in [0.15, 0.2) is 0 Å². The normalized spacial score (nSPS) is 30.1. The summed E-state index contributed by atoms with van der Waals surface area (Å²) in [5.74, 6) is 0.245. The predicted octanol–water partition coefficient (Wildman–Crippen LogP) is -0.538. The van der Waals surface area contributed by atoms with Crippen LogP contribution in [0.1, 0.15) is 13.8 Å². The molecule has 0 amide bonds. The summed E-state index contributed by atoms with van der Waals surface area (Å²) in [6.45, 7) is 5.26. The highest BCUT2D eigenvalue weighted by atomic mass is 32.2. The second kappa shape index (κ2) is 4.14. The predicted molar refractivity (Wildman–Crippen MR) is 55.9 cm³/mol. The maximum Gasteiger partial charge on any atom is 0.281 e. The largest absolute Gasteiger partial charge is 0.326 e. The molecule has 5 nitrogen and oxygen atoms in total. The van der Waals surface area contributed by atoms with Gasteiger partial charge < -0.3 is 5.73 Å². The van der Waals surface area contributed by atoms with Crippen LogP contribution in [0, 0.1) is 5.92 Å². The Balaban J connectivity index is 2.76. The summed E-state index contributed by atoms with van der Waals surface area (Å²) < 4.78 is 26.5. The van der Waals surface area contributed by atoms with E-state index in [1.165, 1.54) is 8.61 Å². The summed E-state index contributed by atoms with van der Waals surface area (Å²) in [6.07, 6.45) is 0. The van der Waals surface area contributed by atoms with E-state index in [0.717, 1.165) is 0 Å². The van der Waals surface area contributed by atoms with Gasteiger partial charge in [0, 0.05) is 32.7 Å². The summed E-state index contributed by atoms with van der Waals surface area (Å²) in [6, 6.07) is -0.0324. The van der Waals surface area contributed by atoms with Gasteiger partial charge in [-0.15, -0.1) is 0 Å². The average molecular weight is 221 g/mol. The highest BCUT2D eigenvalue weighted by Gasteiger charge is 2.35. The van der Waals surface area contributed by atoms with Crippen LogP contribution < -0.4 is 5.73 Å². The molecule has 1 heterocycles. The number of hydrogen-bond acceptors (Lipinski definition) is 3. The van der Waals surface area contributed by atoms with Gasteiger partial charge in [0.2, 0.25) is 0 Å². The zero-order valence-corrected chi connectivity index (χ0v) is 9.79. The van der Waals surface area contributed by atoms with E-state index in [4.69, 9.17) is 5.73 Å². The fourth-order valence-electron chi connectivity index (χ4n) is 1.49. The second-order valence-corrected chi connectivity index (χ2v) is 5.92. The highest BCUT2D eigenvalue weighted by molar-refractivity contribution is 7.86. The maximum absolute atomic E-state index is 11.9. The van der Waals surface area contributed by atoms with Crippen molar-refractivity contribution in [3.05, 3.63) is 0 Å². The lowest BCUT2D eigenvalue weighted by Crippen LogP contribution is -2.41. The van der Waals surface area contributed by atoms with Crippen LogP contribution in [0.25, 0.3) is 0 Å². The van der Waals surface area contributed by atoms with Crippen molar-refractivity contribution in [1.82, 2.24) is 8.61 Å². The molecule has 0 saturated carbocycles. The second-order valence-electron chi connectivity index (χ2n) is 3.88. The van der Waals surface area contributed by atoms with Crippen molar-refractivity contribution in [1.29, 1.82) is 0 Å². The fourth-order valence-corrected chi connectivity index (χ4v) is 3.00. The third-order valence-corrected chi connectivity index (χ3v) is 4.80. The monoisotopic (exact) mass is 221 g/mol. The minimum absolute atomic E-state index is 0.0324. The van der Waals surface area contributed by atoms with Crippen LogP contribution in [-0.2, 0) is 10.2 Å². The van der Waals surface area contributed by atoms with Gasteiger partial charge >= 0.3 is 0 Å². The summed E-state index contributed by atoms with van der Waals surface area (Å²) in [5, 5.41) is 0. The van der Waals surface area contributed by atoms with E-state index in [2.05, 4.69) is 0 Å². The molecule has 2 unspecified atom stereocenters. The Bertz CT molecular complexity index is 281. The minimum Gasteiger partial charge on any atom is -0.326 e. The summed E-state index contributed by atoms with van der Waals surface area (Å²) >= 11 is 0. The minimum atomic E-state index is -3.27. The molecule has 0 aromatic rings. The molecule has 1 aliphatic rings. The first kappa shape index (κ1) is 11.9. The molecule has 0 spiro atoms. The van der Waals surface area contributed by atoms with Gasteiger partial charge in [0.25, 0.3) is 10.2 Å². The topological polar surface area (TPSA) is 66.6 Å². The Labute approximate surface area is 86.0 Å². The van der Waals surface area contributed by atoms with Crippen LogP contribution in [0.2, 0.25) is 0 Å². The van der Waals surface area contributed by atoms with E-state index < -0.39 is 10.2 Å². The first-order valence-corrected chi connectivity index (χ1v) is 6.26. The first-order chi connectivity index (χ1) is 6.39. The molecule has 1 aliphatic heterocycles. The van der Waals surface area contributed by atoms with Crippen molar-refractivity contribution < 1.29 is 8.42 Å². The van der Waals surface area contributed by atoms with E-state index in [9.17, 15) is 8.42 Å². The van der Waals surface area contributed by atoms with Gasteiger partial charge in [-0.05, 0) is 5.92 Å². The Morgan fingerprint density at radius 2 is 2.07 bits per heavy atom. The Hall–Kier alpha value is -0.170. The number of rotatable bonds is 3. The molecule has 0 radical (unpaired) electrons. The van der Waals surface area contributed by atoms with Gasteiger partial charge in [0.15, 0.2) is 0 Å². The van der Waals surface area contributed by atoms with Gasteiger partial charge in [0.1, 0.15) is 0 Å². The van der Waals surface area contributed by atoms with Crippen LogP contribution >= 0.6 is 0 Å². The summed E-state index contributed by atoms with van der Waals surface area (Å²) in [5.41, 5.74) is 5.78. The van der Waals surface area contributed by atoms with Crippen molar-refractivity contribution in [2.75, 3.05) is 26.7 Å². The van der Waals surface area contributed by atoms with Gasteiger partial charge in [-0.2, -0.15) is 17.0 Å². The molecular formula is C8H19N3O2S. The van der Waals surface area contributed by atoms with Crippen molar-refractivity contribution >= 4 is 10.2 Å². The van der Waals surface area contributed by atoms with E-state index in [-0.39, 0.29) is 12.0 Å². The van der Waals surface area contributed by atoms with Crippen LogP contribution in [0.4, 0.5) is 0 Å². The van der Waals surface area contributed by atoms with Crippen LogP contribution in [0.3, 0.4) is 0 Å². The van der Waals surface area contributed by atoms with Gasteiger partial charge in [0.05, 0.1) is 0 Å². The van der Waals surface area contributed by atoms with Gasteiger partial charge in [-0.25, -0.2) is 0 Å². The molecule has 0 aromatic heterocycles. The van der Waals surface area contributed by atoms with E-state index in [1.807, 2.05) is 13.8 Å². The molecule has 14 heavy (non-hydrogen) atoms. The third-order valence-electron chi connectivity index (χ3n) is 2.80. The zero-order valence-electron chi connectivity index (χ0n) is 8.97. The highest BCUT2D eigenvalue weighted by Crippen LogP contribution is 2.19. The maximum atomic E-state index is 11.9. The fraction of sp³-hybridized carbons (Fsp3) is 1.00. The molecule has 6 heteroatoms. The van der Waals surface area contributed by atoms with E-state index in [1.54, 1.807) is 7.05 Å². The quantitative estimate of drug-likeness (QED) is 0.696. The molecule has 0 aromatic carbocycles. The Kier molecular flexibility index (Phi) is 3.52. The molecular weight excluding hydrogens is 202 g/mol. The smallest absolute Gasteiger partial charge is 0.281 e. The van der Waals surface area contributed by atoms with Gasteiger partial charge in [-0.1, -0.05) is 13.8 Å². The average Bonchev–Trinajstić information content (AvgIpc) is 2.46. The lowest BCUT2D eigenvalue weighted by atomic mass is 10.1. The van der Waals surface area contributed by atoms with Crippen LogP contribution in [0.5, 0.6) is 0 Å². The summed E-state index contributed by atoms with van der Waals surface area (Å²) in [4.78, 5) is 0. The zero-order chi connectivity index (χ0) is 10.9. The SMILES string of the molecule is CCN(C)S(=O)(=O)N1CC(C)C(N)C1. The van der Waals surface area contributed by atoms with Crippen molar-refractivity contribution in [2.24, 2.45) is 11.7 Å². The standard InChI is InChI=1S/C8H19N3O2S/c1-4-10(3)14(12,13)11-5-7(2)8(9)6-11/h7-8H,4-6,9H2,1-3H3. The lowest BCUT2D eigenvalue weighted by Gasteiger charge is -2.22. The Morgan fingerprint density at radius 3 is 2.43 bits per heavy atom. The van der Waals surface area contributed by atoms with Gasteiger partial charge in [-0.3, -0.25) is 0 Å². The molecule has 1 fully saturated rings. The molecule has 2 atom stereocenters. The third kappa shape index (κ3) is 2.08.